The fourth-order valence-electron chi connectivity index (χ4n) is 1.83. The van der Waals surface area contributed by atoms with Crippen LogP contribution in [-0.2, 0) is 19.1 Å². The summed E-state index contributed by atoms with van der Waals surface area (Å²) >= 11 is 0. The maximum absolute atomic E-state index is 11.9. The summed E-state index contributed by atoms with van der Waals surface area (Å²) in [6, 6.07) is 7.48. The van der Waals surface area contributed by atoms with Crippen molar-refractivity contribution in [3.63, 3.8) is 0 Å². The Morgan fingerprint density at radius 1 is 1.15 bits per heavy atom. The predicted molar refractivity (Wildman–Crippen MR) is 76.4 cm³/mol. The second kappa shape index (κ2) is 6.55. The van der Waals surface area contributed by atoms with Gasteiger partial charge in [0.25, 0.3) is 0 Å². The molecular weight excluding hydrogens is 256 g/mol. The van der Waals surface area contributed by atoms with Gasteiger partial charge in [-0.3, -0.25) is 9.59 Å². The lowest BCUT2D eigenvalue weighted by Gasteiger charge is -2.21. The molecule has 0 fully saturated rings. The molecule has 0 aliphatic rings. The summed E-state index contributed by atoms with van der Waals surface area (Å²) in [5.41, 5.74) is 1.29. The van der Waals surface area contributed by atoms with Crippen molar-refractivity contribution in [2.75, 3.05) is 7.11 Å². The molecule has 0 spiro atoms. The Labute approximate surface area is 120 Å². The summed E-state index contributed by atoms with van der Waals surface area (Å²) < 4.78 is 10.0. The van der Waals surface area contributed by atoms with E-state index < -0.39 is 23.5 Å². The fraction of sp³-hybridized carbons (Fsp3) is 0.500. The number of methoxy groups -OCH3 is 1. The van der Waals surface area contributed by atoms with Crippen LogP contribution in [0.2, 0.25) is 0 Å². The van der Waals surface area contributed by atoms with E-state index in [0.717, 1.165) is 11.1 Å². The van der Waals surface area contributed by atoms with E-state index in [9.17, 15) is 9.59 Å². The Bertz CT molecular complexity index is 468. The highest BCUT2D eigenvalue weighted by atomic mass is 16.6. The molecule has 0 N–H and O–H groups in total. The maximum atomic E-state index is 11.9. The van der Waals surface area contributed by atoms with Gasteiger partial charge >= 0.3 is 11.9 Å². The first kappa shape index (κ1) is 16.2. The Morgan fingerprint density at radius 2 is 1.70 bits per heavy atom. The van der Waals surface area contributed by atoms with Crippen LogP contribution in [0.15, 0.2) is 24.3 Å². The molecule has 1 atom stereocenters. The molecule has 1 aromatic carbocycles. The molecule has 1 aromatic rings. The van der Waals surface area contributed by atoms with Crippen LogP contribution >= 0.6 is 0 Å². The standard InChI is InChI=1S/C16H22O4/c1-11-6-8-12(9-7-11)13(15(18)19-5)10-14(17)20-16(2,3)4/h6-9,13H,10H2,1-5H3. The lowest BCUT2D eigenvalue weighted by Crippen LogP contribution is -2.27. The van der Waals surface area contributed by atoms with Crippen LogP contribution in [0, 0.1) is 6.92 Å². The van der Waals surface area contributed by atoms with Crippen molar-refractivity contribution in [1.82, 2.24) is 0 Å². The Morgan fingerprint density at radius 3 is 2.15 bits per heavy atom. The summed E-state index contributed by atoms with van der Waals surface area (Å²) in [6.45, 7) is 7.35. The minimum atomic E-state index is -0.629. The third kappa shape index (κ3) is 5.03. The lowest BCUT2D eigenvalue weighted by molar-refractivity contribution is -0.158. The summed E-state index contributed by atoms with van der Waals surface area (Å²) in [5.74, 6) is -1.47. The van der Waals surface area contributed by atoms with Gasteiger partial charge < -0.3 is 9.47 Å². The number of aryl methyl sites for hydroxylation is 1. The zero-order valence-electron chi connectivity index (χ0n) is 12.7. The van der Waals surface area contributed by atoms with E-state index in [1.165, 1.54) is 7.11 Å². The minimum Gasteiger partial charge on any atom is -0.469 e. The monoisotopic (exact) mass is 278 g/mol. The first-order valence-electron chi connectivity index (χ1n) is 6.59. The molecule has 0 saturated carbocycles. The smallest absolute Gasteiger partial charge is 0.313 e. The molecule has 0 aromatic heterocycles. The molecule has 0 radical (unpaired) electrons. The largest absolute Gasteiger partial charge is 0.469 e. The molecule has 1 rings (SSSR count). The van der Waals surface area contributed by atoms with E-state index in [2.05, 4.69) is 0 Å². The molecule has 0 aliphatic carbocycles. The van der Waals surface area contributed by atoms with Crippen molar-refractivity contribution in [3.05, 3.63) is 35.4 Å². The molecule has 4 nitrogen and oxygen atoms in total. The van der Waals surface area contributed by atoms with Gasteiger partial charge in [-0.05, 0) is 33.3 Å². The van der Waals surface area contributed by atoms with Gasteiger partial charge in [0.05, 0.1) is 19.4 Å². The third-order valence-corrected chi connectivity index (χ3v) is 2.76. The number of carbonyl (C=O) groups is 2. The van der Waals surface area contributed by atoms with Gasteiger partial charge in [0.1, 0.15) is 5.60 Å². The highest BCUT2D eigenvalue weighted by Crippen LogP contribution is 2.23. The third-order valence-electron chi connectivity index (χ3n) is 2.76. The van der Waals surface area contributed by atoms with E-state index in [-0.39, 0.29) is 6.42 Å². The van der Waals surface area contributed by atoms with Crippen molar-refractivity contribution < 1.29 is 19.1 Å². The molecule has 0 amide bonds. The first-order valence-corrected chi connectivity index (χ1v) is 6.59. The number of carbonyl (C=O) groups excluding carboxylic acids is 2. The van der Waals surface area contributed by atoms with Crippen LogP contribution in [0.25, 0.3) is 0 Å². The van der Waals surface area contributed by atoms with E-state index in [1.807, 2.05) is 31.2 Å². The normalized spacial score (nSPS) is 12.7. The number of ether oxygens (including phenoxy) is 2. The zero-order valence-corrected chi connectivity index (χ0v) is 12.7. The van der Waals surface area contributed by atoms with E-state index in [0.29, 0.717) is 0 Å². The van der Waals surface area contributed by atoms with Crippen molar-refractivity contribution in [2.45, 2.75) is 45.6 Å². The van der Waals surface area contributed by atoms with Crippen LogP contribution in [0.4, 0.5) is 0 Å². The topological polar surface area (TPSA) is 52.6 Å². The Hall–Kier alpha value is -1.84. The zero-order chi connectivity index (χ0) is 15.3. The lowest BCUT2D eigenvalue weighted by atomic mass is 9.95. The molecule has 1 unspecified atom stereocenters. The highest BCUT2D eigenvalue weighted by molar-refractivity contribution is 5.84. The predicted octanol–water partition coefficient (Wildman–Crippen LogP) is 2.98. The highest BCUT2D eigenvalue weighted by Gasteiger charge is 2.27. The average Bonchev–Trinajstić information content (AvgIpc) is 2.34. The SMILES string of the molecule is COC(=O)C(CC(=O)OC(C)(C)C)c1ccc(C)cc1. The quantitative estimate of drug-likeness (QED) is 0.794. The number of benzene rings is 1. The van der Waals surface area contributed by atoms with E-state index in [4.69, 9.17) is 9.47 Å². The number of hydrogen-bond acceptors (Lipinski definition) is 4. The van der Waals surface area contributed by atoms with Crippen molar-refractivity contribution >= 4 is 11.9 Å². The molecule has 110 valence electrons. The van der Waals surface area contributed by atoms with Crippen LogP contribution in [0.5, 0.6) is 0 Å². The fourth-order valence-corrected chi connectivity index (χ4v) is 1.83. The molecule has 20 heavy (non-hydrogen) atoms. The molecular formula is C16H22O4. The van der Waals surface area contributed by atoms with Gasteiger partial charge in [-0.15, -0.1) is 0 Å². The number of esters is 2. The molecule has 0 saturated heterocycles. The van der Waals surface area contributed by atoms with Gasteiger partial charge in [-0.2, -0.15) is 0 Å². The van der Waals surface area contributed by atoms with Gasteiger partial charge in [0.15, 0.2) is 0 Å². The Balaban J connectivity index is 2.88. The molecule has 0 heterocycles. The van der Waals surface area contributed by atoms with Crippen LogP contribution < -0.4 is 0 Å². The van der Waals surface area contributed by atoms with Crippen molar-refractivity contribution in [1.29, 1.82) is 0 Å². The maximum Gasteiger partial charge on any atom is 0.313 e. The molecule has 0 aliphatic heterocycles. The van der Waals surface area contributed by atoms with Crippen LogP contribution in [0.1, 0.15) is 44.2 Å². The van der Waals surface area contributed by atoms with Gasteiger partial charge in [0, 0.05) is 0 Å². The van der Waals surface area contributed by atoms with Gasteiger partial charge in [0.2, 0.25) is 0 Å². The summed E-state index contributed by atoms with van der Waals surface area (Å²) in [4.78, 5) is 23.8. The minimum absolute atomic E-state index is 0.0208. The summed E-state index contributed by atoms with van der Waals surface area (Å²) in [6.07, 6.45) is -0.0208. The molecule has 0 bridgehead atoms. The summed E-state index contributed by atoms with van der Waals surface area (Å²) in [7, 11) is 1.32. The van der Waals surface area contributed by atoms with Gasteiger partial charge in [-0.1, -0.05) is 29.8 Å². The van der Waals surface area contributed by atoms with E-state index >= 15 is 0 Å². The van der Waals surface area contributed by atoms with Crippen LogP contribution in [0.3, 0.4) is 0 Å². The molecule has 4 heteroatoms. The van der Waals surface area contributed by atoms with Gasteiger partial charge in [-0.25, -0.2) is 0 Å². The van der Waals surface area contributed by atoms with Crippen molar-refractivity contribution in [3.8, 4) is 0 Å². The van der Waals surface area contributed by atoms with Crippen molar-refractivity contribution in [2.24, 2.45) is 0 Å². The number of rotatable bonds is 4. The second-order valence-electron chi connectivity index (χ2n) is 5.78. The van der Waals surface area contributed by atoms with Crippen LogP contribution in [-0.4, -0.2) is 24.6 Å². The second-order valence-corrected chi connectivity index (χ2v) is 5.78. The first-order chi connectivity index (χ1) is 9.23. The van der Waals surface area contributed by atoms with E-state index in [1.54, 1.807) is 20.8 Å². The average molecular weight is 278 g/mol. The summed E-state index contributed by atoms with van der Waals surface area (Å²) in [5, 5.41) is 0. The number of hydrogen-bond donors (Lipinski definition) is 0. The Kier molecular flexibility index (Phi) is 5.31.